The van der Waals surface area contributed by atoms with Crippen molar-refractivity contribution in [3.8, 4) is 5.75 Å². The van der Waals surface area contributed by atoms with Gasteiger partial charge in [0.05, 0.1) is 25.1 Å². The normalized spacial score (nSPS) is 29.1. The Labute approximate surface area is 157 Å². The van der Waals surface area contributed by atoms with Crippen LogP contribution in [0.25, 0.3) is 0 Å². The second kappa shape index (κ2) is 5.82. The molecule has 27 heavy (non-hydrogen) atoms. The van der Waals surface area contributed by atoms with E-state index in [0.717, 1.165) is 5.56 Å². The van der Waals surface area contributed by atoms with Crippen LogP contribution < -0.4 is 0 Å². The molecule has 6 heteroatoms. The van der Waals surface area contributed by atoms with Crippen LogP contribution in [-0.4, -0.2) is 51.6 Å². The van der Waals surface area contributed by atoms with Crippen molar-refractivity contribution < 1.29 is 19.4 Å². The van der Waals surface area contributed by atoms with Crippen LogP contribution in [0.3, 0.4) is 0 Å². The standard InChI is InChI=1S/C21H20N2O4/c24-16-8-6-15(7-9-16)20(26)22-11-10-21-18(22)12-19(25)23(21)17(13-27-21)14-4-2-1-3-5-14/h1-9,17-18,24H,10-13H2/t17-,18+,21-/m0/s1. The monoisotopic (exact) mass is 364 g/mol. The van der Waals surface area contributed by atoms with Gasteiger partial charge in [0.1, 0.15) is 5.75 Å². The number of phenolic OH excluding ortho intramolecular Hbond substituents is 1. The number of carbonyl (C=O) groups is 2. The Bertz CT molecular complexity index is 898. The van der Waals surface area contributed by atoms with Crippen molar-refractivity contribution >= 4 is 11.8 Å². The minimum Gasteiger partial charge on any atom is -0.508 e. The molecular formula is C21H20N2O4. The van der Waals surface area contributed by atoms with E-state index in [2.05, 4.69) is 0 Å². The van der Waals surface area contributed by atoms with E-state index < -0.39 is 5.72 Å². The molecule has 3 saturated heterocycles. The van der Waals surface area contributed by atoms with E-state index in [-0.39, 0.29) is 36.1 Å². The lowest BCUT2D eigenvalue weighted by Crippen LogP contribution is -2.49. The maximum atomic E-state index is 13.0. The molecule has 2 amide bonds. The first kappa shape index (κ1) is 16.3. The van der Waals surface area contributed by atoms with Crippen LogP contribution in [0.2, 0.25) is 0 Å². The second-order valence-electron chi connectivity index (χ2n) is 7.36. The number of hydrogen-bond donors (Lipinski definition) is 1. The SMILES string of the molecule is O=C(c1ccc(O)cc1)N1CC[C@@]23OC[C@@H](c4ccccc4)N2C(=O)C[C@@H]13. The fraction of sp³-hybridized carbons (Fsp3) is 0.333. The first-order chi connectivity index (χ1) is 13.1. The zero-order valence-electron chi connectivity index (χ0n) is 14.7. The van der Waals surface area contributed by atoms with Crippen molar-refractivity contribution in [2.24, 2.45) is 0 Å². The number of phenols is 1. The number of carbonyl (C=O) groups excluding carboxylic acids is 2. The molecule has 0 radical (unpaired) electrons. The summed E-state index contributed by atoms with van der Waals surface area (Å²) < 4.78 is 6.23. The summed E-state index contributed by atoms with van der Waals surface area (Å²) in [4.78, 5) is 29.5. The minimum atomic E-state index is -0.718. The number of amides is 2. The van der Waals surface area contributed by atoms with E-state index >= 15 is 0 Å². The summed E-state index contributed by atoms with van der Waals surface area (Å²) in [6.07, 6.45) is 0.906. The highest BCUT2D eigenvalue weighted by atomic mass is 16.5. The highest BCUT2D eigenvalue weighted by molar-refractivity contribution is 5.96. The Hall–Kier alpha value is -2.86. The van der Waals surface area contributed by atoms with Gasteiger partial charge in [-0.2, -0.15) is 0 Å². The first-order valence-corrected chi connectivity index (χ1v) is 9.21. The molecule has 3 heterocycles. The first-order valence-electron chi connectivity index (χ1n) is 9.21. The maximum Gasteiger partial charge on any atom is 0.254 e. The van der Waals surface area contributed by atoms with Gasteiger partial charge in [0.25, 0.3) is 5.91 Å². The van der Waals surface area contributed by atoms with Crippen molar-refractivity contribution in [3.63, 3.8) is 0 Å². The lowest BCUT2D eigenvalue weighted by atomic mass is 10.0. The van der Waals surface area contributed by atoms with Gasteiger partial charge in [0.15, 0.2) is 5.72 Å². The van der Waals surface area contributed by atoms with E-state index in [1.54, 1.807) is 17.0 Å². The van der Waals surface area contributed by atoms with Crippen molar-refractivity contribution in [3.05, 3.63) is 65.7 Å². The molecular weight excluding hydrogens is 344 g/mol. The van der Waals surface area contributed by atoms with E-state index in [9.17, 15) is 14.7 Å². The van der Waals surface area contributed by atoms with Crippen molar-refractivity contribution in [2.45, 2.75) is 30.7 Å². The van der Waals surface area contributed by atoms with E-state index in [4.69, 9.17) is 4.74 Å². The number of aromatic hydroxyl groups is 1. The van der Waals surface area contributed by atoms with Gasteiger partial charge in [-0.3, -0.25) is 9.59 Å². The maximum absolute atomic E-state index is 13.0. The van der Waals surface area contributed by atoms with Crippen LogP contribution in [0.15, 0.2) is 54.6 Å². The van der Waals surface area contributed by atoms with Gasteiger partial charge in [-0.15, -0.1) is 0 Å². The number of benzene rings is 2. The molecule has 2 aromatic rings. The number of nitrogens with zero attached hydrogens (tertiary/aromatic N) is 2. The van der Waals surface area contributed by atoms with Gasteiger partial charge in [0.2, 0.25) is 5.91 Å². The van der Waals surface area contributed by atoms with Crippen LogP contribution in [0.4, 0.5) is 0 Å². The number of rotatable bonds is 2. The lowest BCUT2D eigenvalue weighted by molar-refractivity contribution is -0.138. The highest BCUT2D eigenvalue weighted by Gasteiger charge is 2.65. The van der Waals surface area contributed by atoms with Gasteiger partial charge in [-0.1, -0.05) is 30.3 Å². The zero-order chi connectivity index (χ0) is 18.6. The van der Waals surface area contributed by atoms with E-state index in [1.165, 1.54) is 12.1 Å². The molecule has 138 valence electrons. The van der Waals surface area contributed by atoms with Gasteiger partial charge < -0.3 is 19.6 Å². The van der Waals surface area contributed by atoms with Gasteiger partial charge in [-0.05, 0) is 29.8 Å². The third-order valence-corrected chi connectivity index (χ3v) is 6.01. The quantitative estimate of drug-likeness (QED) is 0.888. The molecule has 0 unspecified atom stereocenters. The summed E-state index contributed by atoms with van der Waals surface area (Å²) in [6.45, 7) is 1.00. The average molecular weight is 364 g/mol. The molecule has 2 aromatic carbocycles. The summed E-state index contributed by atoms with van der Waals surface area (Å²) in [6, 6.07) is 15.8. The third kappa shape index (κ3) is 2.29. The molecule has 6 nitrogen and oxygen atoms in total. The molecule has 0 aliphatic carbocycles. The number of ether oxygens (including phenoxy) is 1. The molecule has 0 saturated carbocycles. The summed E-state index contributed by atoms with van der Waals surface area (Å²) in [7, 11) is 0. The summed E-state index contributed by atoms with van der Waals surface area (Å²) in [5, 5.41) is 9.45. The molecule has 3 aliphatic rings. The van der Waals surface area contributed by atoms with Crippen LogP contribution in [0.1, 0.15) is 34.8 Å². The van der Waals surface area contributed by atoms with Crippen LogP contribution in [-0.2, 0) is 9.53 Å². The smallest absolute Gasteiger partial charge is 0.254 e. The lowest BCUT2D eigenvalue weighted by Gasteiger charge is -2.33. The highest BCUT2D eigenvalue weighted by Crippen LogP contribution is 2.51. The number of hydrogen-bond acceptors (Lipinski definition) is 4. The van der Waals surface area contributed by atoms with E-state index in [0.29, 0.717) is 25.1 Å². The van der Waals surface area contributed by atoms with Gasteiger partial charge >= 0.3 is 0 Å². The third-order valence-electron chi connectivity index (χ3n) is 6.01. The van der Waals surface area contributed by atoms with Crippen LogP contribution in [0, 0.1) is 0 Å². The topological polar surface area (TPSA) is 70.1 Å². The van der Waals surface area contributed by atoms with Crippen LogP contribution in [0.5, 0.6) is 5.75 Å². The Balaban J connectivity index is 1.45. The molecule has 5 rings (SSSR count). The Morgan fingerprint density at radius 3 is 2.59 bits per heavy atom. The minimum absolute atomic E-state index is 0.0366. The summed E-state index contributed by atoms with van der Waals surface area (Å²) in [5.74, 6) is 0.0318. The molecule has 0 bridgehead atoms. The fourth-order valence-electron chi connectivity index (χ4n) is 4.78. The molecule has 3 atom stereocenters. The average Bonchev–Trinajstić information content (AvgIpc) is 3.32. The largest absolute Gasteiger partial charge is 0.508 e. The Kier molecular flexibility index (Phi) is 3.52. The summed E-state index contributed by atoms with van der Waals surface area (Å²) >= 11 is 0. The predicted octanol–water partition coefficient (Wildman–Crippen LogP) is 2.31. The second-order valence-corrected chi connectivity index (χ2v) is 7.36. The molecule has 3 aliphatic heterocycles. The van der Waals surface area contributed by atoms with Gasteiger partial charge in [0, 0.05) is 18.5 Å². The van der Waals surface area contributed by atoms with Crippen molar-refractivity contribution in [2.75, 3.05) is 13.2 Å². The van der Waals surface area contributed by atoms with Crippen molar-refractivity contribution in [1.82, 2.24) is 9.80 Å². The predicted molar refractivity (Wildman–Crippen MR) is 96.9 cm³/mol. The van der Waals surface area contributed by atoms with Crippen molar-refractivity contribution in [1.29, 1.82) is 0 Å². The fourth-order valence-corrected chi connectivity index (χ4v) is 4.78. The molecule has 0 aromatic heterocycles. The van der Waals surface area contributed by atoms with E-state index in [1.807, 2.05) is 35.2 Å². The Morgan fingerprint density at radius 2 is 1.85 bits per heavy atom. The summed E-state index contributed by atoms with van der Waals surface area (Å²) in [5.41, 5.74) is 0.851. The molecule has 1 N–H and O–H groups in total. The molecule has 3 fully saturated rings. The zero-order valence-corrected chi connectivity index (χ0v) is 14.7. The van der Waals surface area contributed by atoms with Gasteiger partial charge in [-0.25, -0.2) is 0 Å². The number of likely N-dealkylation sites (tertiary alicyclic amines) is 1. The molecule has 1 spiro atoms. The van der Waals surface area contributed by atoms with Crippen LogP contribution >= 0.6 is 0 Å². The Morgan fingerprint density at radius 1 is 1.11 bits per heavy atom.